The van der Waals surface area contributed by atoms with Gasteiger partial charge in [0.15, 0.2) is 0 Å². The average Bonchev–Trinajstić information content (AvgIpc) is 2.67. The summed E-state index contributed by atoms with van der Waals surface area (Å²) in [5.74, 6) is 0.894. The Labute approximate surface area is 101 Å². The van der Waals surface area contributed by atoms with Gasteiger partial charge in [0.2, 0.25) is 5.95 Å². The van der Waals surface area contributed by atoms with Crippen LogP contribution in [0, 0.1) is 5.41 Å². The highest BCUT2D eigenvalue weighted by molar-refractivity contribution is 6.32. The van der Waals surface area contributed by atoms with Crippen molar-refractivity contribution in [3.05, 3.63) is 11.2 Å². The van der Waals surface area contributed by atoms with Crippen molar-refractivity contribution in [3.63, 3.8) is 0 Å². The van der Waals surface area contributed by atoms with Crippen LogP contribution in [0.25, 0.3) is 0 Å². The highest BCUT2D eigenvalue weighted by atomic mass is 35.5. The van der Waals surface area contributed by atoms with E-state index in [0.717, 1.165) is 6.54 Å². The highest BCUT2D eigenvalue weighted by Gasteiger charge is 2.28. The van der Waals surface area contributed by atoms with E-state index in [0.29, 0.717) is 16.3 Å². The number of hydrogen-bond acceptors (Lipinski definition) is 4. The smallest absolute Gasteiger partial charge is 0.222 e. The maximum absolute atomic E-state index is 5.98. The Bertz CT molecular complexity index is 374. The molecule has 0 bridgehead atoms. The minimum absolute atomic E-state index is 0.253. The summed E-state index contributed by atoms with van der Waals surface area (Å²) in [6.45, 7) is 3.19. The molecule has 1 aromatic rings. The van der Waals surface area contributed by atoms with Crippen LogP contribution in [0.5, 0.6) is 0 Å². The van der Waals surface area contributed by atoms with Crippen LogP contribution in [0.2, 0.25) is 5.02 Å². The largest absolute Gasteiger partial charge is 0.368 e. The Balaban J connectivity index is 2.01. The quantitative estimate of drug-likeness (QED) is 0.853. The van der Waals surface area contributed by atoms with Gasteiger partial charge < -0.3 is 11.1 Å². The average molecular weight is 241 g/mol. The van der Waals surface area contributed by atoms with Crippen molar-refractivity contribution in [2.45, 2.75) is 32.6 Å². The predicted molar refractivity (Wildman–Crippen MR) is 66.5 cm³/mol. The number of rotatable bonds is 3. The van der Waals surface area contributed by atoms with Crippen LogP contribution >= 0.6 is 11.6 Å². The molecule has 0 spiro atoms. The monoisotopic (exact) mass is 240 g/mol. The lowest BCUT2D eigenvalue weighted by atomic mass is 9.89. The van der Waals surface area contributed by atoms with E-state index in [1.165, 1.54) is 31.9 Å². The zero-order chi connectivity index (χ0) is 11.6. The van der Waals surface area contributed by atoms with Crippen molar-refractivity contribution < 1.29 is 0 Å². The van der Waals surface area contributed by atoms with Crippen LogP contribution in [0.15, 0.2) is 6.20 Å². The second-order valence-corrected chi connectivity index (χ2v) is 5.20. The molecule has 1 aliphatic rings. The molecule has 0 saturated heterocycles. The molecule has 0 radical (unpaired) electrons. The molecule has 1 fully saturated rings. The predicted octanol–water partition coefficient (Wildman–Crippen LogP) is 2.70. The summed E-state index contributed by atoms with van der Waals surface area (Å²) in [5.41, 5.74) is 5.89. The Morgan fingerprint density at radius 3 is 2.88 bits per heavy atom. The van der Waals surface area contributed by atoms with Gasteiger partial charge in [-0.1, -0.05) is 31.4 Å². The maximum Gasteiger partial charge on any atom is 0.222 e. The van der Waals surface area contributed by atoms with E-state index >= 15 is 0 Å². The standard InChI is InChI=1S/C11H17ClN4/c1-11(4-2-3-5-11)7-15-9-8(12)6-14-10(13)16-9/h6H,2-5,7H2,1H3,(H3,13,14,15,16). The zero-order valence-corrected chi connectivity index (χ0v) is 10.2. The number of anilines is 2. The number of nitrogens with two attached hydrogens (primary N) is 1. The van der Waals surface area contributed by atoms with E-state index in [1.54, 1.807) is 0 Å². The van der Waals surface area contributed by atoms with Gasteiger partial charge >= 0.3 is 0 Å². The second kappa shape index (κ2) is 4.45. The van der Waals surface area contributed by atoms with Crippen molar-refractivity contribution in [2.24, 2.45) is 5.41 Å². The number of hydrogen-bond donors (Lipinski definition) is 2. The van der Waals surface area contributed by atoms with Crippen molar-refractivity contribution in [2.75, 3.05) is 17.6 Å². The van der Waals surface area contributed by atoms with Crippen molar-refractivity contribution >= 4 is 23.4 Å². The first-order valence-corrected chi connectivity index (χ1v) is 5.99. The molecular formula is C11H17ClN4. The third-order valence-corrected chi connectivity index (χ3v) is 3.53. The van der Waals surface area contributed by atoms with E-state index in [9.17, 15) is 0 Å². The van der Waals surface area contributed by atoms with Crippen molar-refractivity contribution in [1.29, 1.82) is 0 Å². The summed E-state index contributed by atoms with van der Waals surface area (Å²) in [6.07, 6.45) is 6.69. The second-order valence-electron chi connectivity index (χ2n) is 4.80. The third-order valence-electron chi connectivity index (χ3n) is 3.26. The SMILES string of the molecule is CC1(CNc2nc(N)ncc2Cl)CCCC1. The summed E-state index contributed by atoms with van der Waals surface area (Å²) in [5, 5.41) is 3.80. The Morgan fingerprint density at radius 2 is 2.19 bits per heavy atom. The van der Waals surface area contributed by atoms with Gasteiger partial charge in [-0.05, 0) is 18.3 Å². The minimum Gasteiger partial charge on any atom is -0.368 e. The summed E-state index contributed by atoms with van der Waals surface area (Å²) >= 11 is 5.98. The van der Waals surface area contributed by atoms with Gasteiger partial charge in [-0.3, -0.25) is 0 Å². The normalized spacial score (nSPS) is 18.6. The fourth-order valence-corrected chi connectivity index (χ4v) is 2.37. The Kier molecular flexibility index (Phi) is 3.19. The first-order chi connectivity index (χ1) is 7.59. The van der Waals surface area contributed by atoms with Gasteiger partial charge in [0.05, 0.1) is 6.20 Å². The molecule has 1 aliphatic carbocycles. The number of nitrogen functional groups attached to an aromatic ring is 1. The van der Waals surface area contributed by atoms with Gasteiger partial charge in [-0.2, -0.15) is 4.98 Å². The van der Waals surface area contributed by atoms with Crippen LogP contribution in [0.4, 0.5) is 11.8 Å². The van der Waals surface area contributed by atoms with Gasteiger partial charge in [0.1, 0.15) is 10.8 Å². The minimum atomic E-state index is 0.253. The summed E-state index contributed by atoms with van der Waals surface area (Å²) in [6, 6.07) is 0. The molecule has 5 heteroatoms. The third kappa shape index (κ3) is 2.55. The van der Waals surface area contributed by atoms with Crippen LogP contribution in [-0.4, -0.2) is 16.5 Å². The first-order valence-electron chi connectivity index (χ1n) is 5.61. The van der Waals surface area contributed by atoms with E-state index in [2.05, 4.69) is 22.2 Å². The molecule has 0 aliphatic heterocycles. The molecule has 0 unspecified atom stereocenters. The summed E-state index contributed by atoms with van der Waals surface area (Å²) in [7, 11) is 0. The molecule has 0 atom stereocenters. The molecule has 1 saturated carbocycles. The highest BCUT2D eigenvalue weighted by Crippen LogP contribution is 2.37. The molecular weight excluding hydrogens is 224 g/mol. The van der Waals surface area contributed by atoms with E-state index in [1.807, 2.05) is 0 Å². The number of halogens is 1. The van der Waals surface area contributed by atoms with E-state index < -0.39 is 0 Å². The lowest BCUT2D eigenvalue weighted by Gasteiger charge is -2.24. The van der Waals surface area contributed by atoms with Crippen LogP contribution in [-0.2, 0) is 0 Å². The van der Waals surface area contributed by atoms with Crippen LogP contribution in [0.1, 0.15) is 32.6 Å². The number of aromatic nitrogens is 2. The van der Waals surface area contributed by atoms with Crippen molar-refractivity contribution in [3.8, 4) is 0 Å². The molecule has 2 rings (SSSR count). The van der Waals surface area contributed by atoms with E-state index in [4.69, 9.17) is 17.3 Å². The fraction of sp³-hybridized carbons (Fsp3) is 0.636. The molecule has 16 heavy (non-hydrogen) atoms. The topological polar surface area (TPSA) is 63.8 Å². The molecule has 1 heterocycles. The lowest BCUT2D eigenvalue weighted by Crippen LogP contribution is -2.23. The van der Waals surface area contributed by atoms with E-state index in [-0.39, 0.29) is 5.95 Å². The van der Waals surface area contributed by atoms with Crippen LogP contribution < -0.4 is 11.1 Å². The zero-order valence-electron chi connectivity index (χ0n) is 9.46. The Morgan fingerprint density at radius 1 is 1.50 bits per heavy atom. The van der Waals surface area contributed by atoms with Gasteiger partial charge in [0, 0.05) is 6.54 Å². The van der Waals surface area contributed by atoms with Crippen LogP contribution in [0.3, 0.4) is 0 Å². The molecule has 4 nitrogen and oxygen atoms in total. The summed E-state index contributed by atoms with van der Waals surface area (Å²) in [4.78, 5) is 7.92. The molecule has 3 N–H and O–H groups in total. The number of nitrogens with one attached hydrogen (secondary N) is 1. The van der Waals surface area contributed by atoms with Crippen molar-refractivity contribution in [1.82, 2.24) is 9.97 Å². The van der Waals surface area contributed by atoms with Gasteiger partial charge in [-0.15, -0.1) is 0 Å². The van der Waals surface area contributed by atoms with Gasteiger partial charge in [-0.25, -0.2) is 4.98 Å². The first kappa shape index (κ1) is 11.5. The Hall–Kier alpha value is -1.03. The molecule has 0 amide bonds. The molecule has 1 aromatic heterocycles. The molecule has 88 valence electrons. The molecule has 0 aromatic carbocycles. The number of nitrogens with zero attached hydrogens (tertiary/aromatic N) is 2. The van der Waals surface area contributed by atoms with Gasteiger partial charge in [0.25, 0.3) is 0 Å². The fourth-order valence-electron chi connectivity index (χ4n) is 2.21. The maximum atomic E-state index is 5.98. The summed E-state index contributed by atoms with van der Waals surface area (Å²) < 4.78 is 0. The lowest BCUT2D eigenvalue weighted by molar-refractivity contribution is 0.361.